The Labute approximate surface area is 175 Å². The monoisotopic (exact) mass is 362 g/mol. The third kappa shape index (κ3) is 4.18. The second-order valence-corrected chi connectivity index (χ2v) is 5.63. The number of esters is 2. The zero-order chi connectivity index (χ0) is 16.5. The number of ether oxygens (including phenoxy) is 2. The first-order valence-electron chi connectivity index (χ1n) is 5.99. The van der Waals surface area contributed by atoms with Gasteiger partial charge in [-0.15, -0.1) is 0 Å². The van der Waals surface area contributed by atoms with Crippen molar-refractivity contribution in [1.29, 1.82) is 0 Å². The van der Waals surface area contributed by atoms with E-state index in [4.69, 9.17) is 0 Å². The molecule has 0 aliphatic heterocycles. The summed E-state index contributed by atoms with van der Waals surface area (Å²) in [6, 6.07) is 6.54. The third-order valence-electron chi connectivity index (χ3n) is 3.05. The van der Waals surface area contributed by atoms with Gasteiger partial charge in [-0.3, -0.25) is 0 Å². The van der Waals surface area contributed by atoms with Gasteiger partial charge in [0.05, 0.1) is 30.2 Å². The fraction of sp³-hybridized carbons (Fsp3) is 0.143. The SMILES string of the molecule is COC(=O)c1ccc2c(S(=O)(=O)[O-])c(C(=O)OC)ccc2c1.[K+]. The van der Waals surface area contributed by atoms with Crippen molar-refractivity contribution in [2.45, 2.75) is 4.90 Å². The zero-order valence-corrected chi connectivity index (χ0v) is 16.6. The molecular weight excluding hydrogens is 351 g/mol. The van der Waals surface area contributed by atoms with E-state index < -0.39 is 27.0 Å². The van der Waals surface area contributed by atoms with Crippen LogP contribution in [-0.4, -0.2) is 39.1 Å². The van der Waals surface area contributed by atoms with Crippen LogP contribution in [0.15, 0.2) is 35.2 Å². The molecule has 0 heterocycles. The number of carbonyl (C=O) groups excluding carboxylic acids is 2. The van der Waals surface area contributed by atoms with E-state index in [0.717, 1.165) is 7.11 Å². The van der Waals surface area contributed by atoms with Crippen molar-refractivity contribution in [3.8, 4) is 0 Å². The molecule has 0 saturated carbocycles. The van der Waals surface area contributed by atoms with Crippen molar-refractivity contribution < 1.29 is 83.4 Å². The molecule has 0 radical (unpaired) electrons. The van der Waals surface area contributed by atoms with Gasteiger partial charge in [0.15, 0.2) is 0 Å². The number of rotatable bonds is 3. The summed E-state index contributed by atoms with van der Waals surface area (Å²) in [6.07, 6.45) is 0. The summed E-state index contributed by atoms with van der Waals surface area (Å²) in [5.74, 6) is -1.54. The minimum absolute atomic E-state index is 0. The van der Waals surface area contributed by atoms with E-state index in [9.17, 15) is 22.6 Å². The molecule has 0 aliphatic carbocycles. The van der Waals surface area contributed by atoms with Gasteiger partial charge >= 0.3 is 63.3 Å². The Bertz CT molecular complexity index is 874. The Morgan fingerprint density at radius 2 is 1.61 bits per heavy atom. The van der Waals surface area contributed by atoms with Gasteiger partial charge in [0.1, 0.15) is 10.1 Å². The predicted octanol–water partition coefficient (Wildman–Crippen LogP) is -1.68. The van der Waals surface area contributed by atoms with Gasteiger partial charge in [0, 0.05) is 5.39 Å². The summed E-state index contributed by atoms with van der Waals surface area (Å²) >= 11 is 0. The summed E-state index contributed by atoms with van der Waals surface area (Å²) in [6.45, 7) is 0. The molecule has 2 aromatic rings. The van der Waals surface area contributed by atoms with E-state index in [0.29, 0.717) is 5.39 Å². The molecule has 116 valence electrons. The quantitative estimate of drug-likeness (QED) is 0.364. The van der Waals surface area contributed by atoms with Crippen LogP contribution < -0.4 is 51.4 Å². The first-order chi connectivity index (χ1) is 10.3. The average molecular weight is 362 g/mol. The molecule has 2 rings (SSSR count). The molecule has 2 aromatic carbocycles. The number of carbonyl (C=O) groups is 2. The van der Waals surface area contributed by atoms with Gasteiger partial charge in [-0.05, 0) is 23.6 Å². The Morgan fingerprint density at radius 3 is 2.13 bits per heavy atom. The Balaban J connectivity index is 0.00000264. The van der Waals surface area contributed by atoms with Crippen LogP contribution in [0.3, 0.4) is 0 Å². The largest absolute Gasteiger partial charge is 1.00 e. The molecular formula is C14H11KO7S. The number of fused-ring (bicyclic) bond motifs is 1. The molecule has 0 spiro atoms. The molecule has 0 unspecified atom stereocenters. The molecule has 23 heavy (non-hydrogen) atoms. The van der Waals surface area contributed by atoms with Crippen LogP contribution in [0, 0.1) is 0 Å². The van der Waals surface area contributed by atoms with Crippen molar-refractivity contribution >= 4 is 32.8 Å². The normalized spacial score (nSPS) is 10.7. The van der Waals surface area contributed by atoms with Gasteiger partial charge in [-0.1, -0.05) is 12.1 Å². The van der Waals surface area contributed by atoms with Crippen LogP contribution in [0.5, 0.6) is 0 Å². The van der Waals surface area contributed by atoms with E-state index in [2.05, 4.69) is 9.47 Å². The van der Waals surface area contributed by atoms with E-state index in [1.165, 1.54) is 37.4 Å². The summed E-state index contributed by atoms with van der Waals surface area (Å²) in [4.78, 5) is 22.5. The maximum absolute atomic E-state index is 11.6. The molecule has 0 fully saturated rings. The smallest absolute Gasteiger partial charge is 0.744 e. The molecule has 7 nitrogen and oxygen atoms in total. The molecule has 0 N–H and O–H groups in total. The standard InChI is InChI=1S/C14H12O7S.K/c1-20-13(15)9-4-5-10-8(7-9)3-6-11(14(16)21-2)12(10)22(17,18)19;/h3-7H,1-2H3,(H,17,18,19);/q;+1/p-1. The summed E-state index contributed by atoms with van der Waals surface area (Å²) in [5, 5.41) is 0.343. The molecule has 0 atom stereocenters. The molecule has 0 aromatic heterocycles. The Kier molecular flexibility index (Phi) is 6.90. The van der Waals surface area contributed by atoms with Crippen molar-refractivity contribution in [3.63, 3.8) is 0 Å². The molecule has 0 amide bonds. The molecule has 9 heteroatoms. The number of hydrogen-bond donors (Lipinski definition) is 0. The zero-order valence-electron chi connectivity index (χ0n) is 12.7. The van der Waals surface area contributed by atoms with Crippen LogP contribution in [0.25, 0.3) is 10.8 Å². The minimum atomic E-state index is -4.92. The predicted molar refractivity (Wildman–Crippen MR) is 74.6 cm³/mol. The van der Waals surface area contributed by atoms with E-state index in [1.807, 2.05) is 0 Å². The van der Waals surface area contributed by atoms with Crippen LogP contribution in [0.1, 0.15) is 20.7 Å². The Hall–Kier alpha value is -0.814. The van der Waals surface area contributed by atoms with Gasteiger partial charge in [-0.2, -0.15) is 0 Å². The van der Waals surface area contributed by atoms with Gasteiger partial charge < -0.3 is 14.0 Å². The van der Waals surface area contributed by atoms with E-state index >= 15 is 0 Å². The van der Waals surface area contributed by atoms with Crippen LogP contribution in [0.4, 0.5) is 0 Å². The van der Waals surface area contributed by atoms with Crippen molar-refractivity contribution in [3.05, 3.63) is 41.5 Å². The Morgan fingerprint density at radius 1 is 1.00 bits per heavy atom. The first-order valence-corrected chi connectivity index (χ1v) is 7.39. The maximum Gasteiger partial charge on any atom is 1.00 e. The van der Waals surface area contributed by atoms with Crippen molar-refractivity contribution in [2.24, 2.45) is 0 Å². The fourth-order valence-corrected chi connectivity index (χ4v) is 2.96. The number of benzene rings is 2. The molecule has 0 bridgehead atoms. The molecule has 0 aliphatic rings. The van der Waals surface area contributed by atoms with Crippen LogP contribution >= 0.6 is 0 Å². The third-order valence-corrected chi connectivity index (χ3v) is 3.99. The maximum atomic E-state index is 11.6. The second kappa shape index (κ2) is 7.84. The van der Waals surface area contributed by atoms with Gasteiger partial charge in [0.25, 0.3) is 0 Å². The van der Waals surface area contributed by atoms with Crippen molar-refractivity contribution in [2.75, 3.05) is 14.2 Å². The summed E-state index contributed by atoms with van der Waals surface area (Å²) in [7, 11) is -2.63. The minimum Gasteiger partial charge on any atom is -0.744 e. The van der Waals surface area contributed by atoms with Gasteiger partial charge in [-0.25, -0.2) is 18.0 Å². The van der Waals surface area contributed by atoms with Crippen LogP contribution in [0.2, 0.25) is 0 Å². The van der Waals surface area contributed by atoms with E-state index in [-0.39, 0.29) is 67.9 Å². The van der Waals surface area contributed by atoms with Crippen LogP contribution in [-0.2, 0) is 19.6 Å². The number of hydrogen-bond acceptors (Lipinski definition) is 7. The summed E-state index contributed by atoms with van der Waals surface area (Å²) < 4.78 is 43.6. The average Bonchev–Trinajstić information content (AvgIpc) is 2.50. The van der Waals surface area contributed by atoms with Gasteiger partial charge in [0.2, 0.25) is 0 Å². The number of methoxy groups -OCH3 is 2. The first kappa shape index (κ1) is 20.2. The summed E-state index contributed by atoms with van der Waals surface area (Å²) in [5.41, 5.74) is -0.161. The molecule has 0 saturated heterocycles. The second-order valence-electron chi connectivity index (χ2n) is 4.32. The van der Waals surface area contributed by atoms with Crippen molar-refractivity contribution in [1.82, 2.24) is 0 Å². The van der Waals surface area contributed by atoms with E-state index in [1.54, 1.807) is 0 Å². The topological polar surface area (TPSA) is 110 Å². The fourth-order valence-electron chi connectivity index (χ4n) is 2.09.